The highest BCUT2D eigenvalue weighted by atomic mass is 16.2. The Morgan fingerprint density at radius 3 is 3.20 bits per heavy atom. The lowest BCUT2D eigenvalue weighted by Crippen LogP contribution is -2.44. The largest absolute Gasteiger partial charge is 0.344 e. The van der Waals surface area contributed by atoms with Gasteiger partial charge >= 0.3 is 0 Å². The van der Waals surface area contributed by atoms with E-state index in [1.165, 1.54) is 0 Å². The van der Waals surface area contributed by atoms with E-state index in [1.54, 1.807) is 11.9 Å². The zero-order chi connectivity index (χ0) is 14.5. The first kappa shape index (κ1) is 14.5. The molecular weight excluding hydrogens is 256 g/mol. The third-order valence-electron chi connectivity index (χ3n) is 3.49. The standard InChI is InChI=1S/C13H20N6O/c1-10-16-12-5-4-11(9-19(12)17-10)15-8-13(20)18(2)7-3-6-14/h11,15H,3-5,7-9H2,1-2H3/t11-/m1/s1. The Balaban J connectivity index is 1.78. The van der Waals surface area contributed by atoms with Crippen molar-refractivity contribution < 1.29 is 4.79 Å². The lowest BCUT2D eigenvalue weighted by molar-refractivity contribution is -0.129. The van der Waals surface area contributed by atoms with Gasteiger partial charge in [-0.3, -0.25) is 4.79 Å². The van der Waals surface area contributed by atoms with Crippen molar-refractivity contribution in [1.29, 1.82) is 5.26 Å². The molecule has 7 nitrogen and oxygen atoms in total. The Morgan fingerprint density at radius 1 is 1.65 bits per heavy atom. The number of amides is 1. The highest BCUT2D eigenvalue weighted by Gasteiger charge is 2.21. The van der Waals surface area contributed by atoms with Gasteiger partial charge in [-0.15, -0.1) is 0 Å². The van der Waals surface area contributed by atoms with Crippen molar-refractivity contribution in [3.8, 4) is 6.07 Å². The highest BCUT2D eigenvalue weighted by Crippen LogP contribution is 2.12. The van der Waals surface area contributed by atoms with Crippen molar-refractivity contribution >= 4 is 5.91 Å². The highest BCUT2D eigenvalue weighted by molar-refractivity contribution is 5.78. The summed E-state index contributed by atoms with van der Waals surface area (Å²) in [4.78, 5) is 17.8. The Bertz CT molecular complexity index is 517. The molecule has 2 rings (SSSR count). The monoisotopic (exact) mass is 276 g/mol. The smallest absolute Gasteiger partial charge is 0.236 e. The number of rotatable bonds is 5. The number of nitrogens with one attached hydrogen (secondary N) is 1. The van der Waals surface area contributed by atoms with Gasteiger partial charge < -0.3 is 10.2 Å². The van der Waals surface area contributed by atoms with Gasteiger partial charge in [-0.05, 0) is 13.3 Å². The van der Waals surface area contributed by atoms with E-state index < -0.39 is 0 Å². The molecule has 1 atom stereocenters. The molecule has 0 bridgehead atoms. The molecule has 0 unspecified atom stereocenters. The first-order valence-corrected chi connectivity index (χ1v) is 6.84. The van der Waals surface area contributed by atoms with Crippen LogP contribution in [0.2, 0.25) is 0 Å². The number of hydrogen-bond acceptors (Lipinski definition) is 5. The van der Waals surface area contributed by atoms with Gasteiger partial charge in [-0.2, -0.15) is 10.4 Å². The predicted molar refractivity (Wildman–Crippen MR) is 72.7 cm³/mol. The third-order valence-corrected chi connectivity index (χ3v) is 3.49. The van der Waals surface area contributed by atoms with Crippen molar-refractivity contribution in [2.45, 2.75) is 38.8 Å². The summed E-state index contributed by atoms with van der Waals surface area (Å²) >= 11 is 0. The van der Waals surface area contributed by atoms with Crippen molar-refractivity contribution in [3.63, 3.8) is 0 Å². The fraction of sp³-hybridized carbons (Fsp3) is 0.692. The van der Waals surface area contributed by atoms with Crippen molar-refractivity contribution in [2.24, 2.45) is 0 Å². The van der Waals surface area contributed by atoms with E-state index in [2.05, 4.69) is 15.4 Å². The molecule has 0 saturated carbocycles. The summed E-state index contributed by atoms with van der Waals surface area (Å²) in [5, 5.41) is 16.1. The van der Waals surface area contributed by atoms with Crippen LogP contribution in [0.25, 0.3) is 0 Å². The van der Waals surface area contributed by atoms with Crippen LogP contribution in [0, 0.1) is 18.3 Å². The van der Waals surface area contributed by atoms with E-state index in [9.17, 15) is 4.79 Å². The maximum atomic E-state index is 11.9. The second kappa shape index (κ2) is 6.48. The second-order valence-electron chi connectivity index (χ2n) is 5.10. The minimum Gasteiger partial charge on any atom is -0.344 e. The quantitative estimate of drug-likeness (QED) is 0.809. The lowest BCUT2D eigenvalue weighted by atomic mass is 10.1. The Morgan fingerprint density at radius 2 is 2.45 bits per heavy atom. The van der Waals surface area contributed by atoms with E-state index in [-0.39, 0.29) is 11.9 Å². The first-order valence-electron chi connectivity index (χ1n) is 6.84. The minimum absolute atomic E-state index is 0.0146. The Hall–Kier alpha value is -1.94. The number of nitrogens with zero attached hydrogens (tertiary/aromatic N) is 5. The average molecular weight is 276 g/mol. The zero-order valence-electron chi connectivity index (χ0n) is 12.0. The normalized spacial score (nSPS) is 17.4. The maximum Gasteiger partial charge on any atom is 0.236 e. The van der Waals surface area contributed by atoms with Crippen LogP contribution in [0.1, 0.15) is 24.5 Å². The topological polar surface area (TPSA) is 86.8 Å². The second-order valence-corrected chi connectivity index (χ2v) is 5.10. The molecule has 1 aromatic rings. The van der Waals surface area contributed by atoms with Crippen LogP contribution in [-0.4, -0.2) is 51.8 Å². The lowest BCUT2D eigenvalue weighted by Gasteiger charge is -2.24. The summed E-state index contributed by atoms with van der Waals surface area (Å²) < 4.78 is 1.92. The van der Waals surface area contributed by atoms with E-state index in [1.807, 2.05) is 17.7 Å². The molecule has 0 aliphatic carbocycles. The Labute approximate surface area is 118 Å². The van der Waals surface area contributed by atoms with Gasteiger partial charge in [0.2, 0.25) is 5.91 Å². The molecule has 0 saturated heterocycles. The minimum atomic E-state index is 0.0146. The fourth-order valence-electron chi connectivity index (χ4n) is 2.31. The molecule has 20 heavy (non-hydrogen) atoms. The number of carbonyl (C=O) groups excluding carboxylic acids is 1. The molecule has 2 heterocycles. The first-order chi connectivity index (χ1) is 9.60. The number of hydrogen-bond donors (Lipinski definition) is 1. The average Bonchev–Trinajstić information content (AvgIpc) is 2.81. The summed E-state index contributed by atoms with van der Waals surface area (Å²) in [6, 6.07) is 2.29. The molecule has 108 valence electrons. The number of nitriles is 1. The summed E-state index contributed by atoms with van der Waals surface area (Å²) in [5.74, 6) is 1.84. The molecular formula is C13H20N6O. The fourth-order valence-corrected chi connectivity index (χ4v) is 2.31. The van der Waals surface area contributed by atoms with Crippen LogP contribution in [0.15, 0.2) is 0 Å². The zero-order valence-corrected chi connectivity index (χ0v) is 12.0. The van der Waals surface area contributed by atoms with Crippen LogP contribution < -0.4 is 5.32 Å². The SMILES string of the molecule is Cc1nc2n(n1)C[C@H](NCC(=O)N(C)CCC#N)CC2. The van der Waals surface area contributed by atoms with Crippen LogP contribution in [0.3, 0.4) is 0 Å². The van der Waals surface area contributed by atoms with Crippen LogP contribution in [0.4, 0.5) is 0 Å². The van der Waals surface area contributed by atoms with E-state index in [4.69, 9.17) is 5.26 Å². The van der Waals surface area contributed by atoms with Crippen molar-refractivity contribution in [1.82, 2.24) is 25.0 Å². The summed E-state index contributed by atoms with van der Waals surface area (Å²) in [6.07, 6.45) is 2.22. The molecule has 7 heteroatoms. The van der Waals surface area contributed by atoms with Gasteiger partial charge in [-0.25, -0.2) is 9.67 Å². The van der Waals surface area contributed by atoms with Gasteiger partial charge in [0.05, 0.1) is 25.6 Å². The Kier molecular flexibility index (Phi) is 4.69. The van der Waals surface area contributed by atoms with Crippen molar-refractivity contribution in [2.75, 3.05) is 20.1 Å². The number of carbonyl (C=O) groups is 1. The summed E-state index contributed by atoms with van der Waals surface area (Å²) in [6.45, 7) is 3.43. The van der Waals surface area contributed by atoms with Gasteiger partial charge in [0, 0.05) is 26.1 Å². The molecule has 0 aromatic carbocycles. The van der Waals surface area contributed by atoms with E-state index in [0.29, 0.717) is 19.5 Å². The third kappa shape index (κ3) is 3.54. The van der Waals surface area contributed by atoms with E-state index >= 15 is 0 Å². The number of likely N-dealkylation sites (N-methyl/N-ethyl adjacent to an activating group) is 1. The van der Waals surface area contributed by atoms with Gasteiger partial charge in [0.1, 0.15) is 11.6 Å². The van der Waals surface area contributed by atoms with Crippen LogP contribution in [-0.2, 0) is 17.8 Å². The molecule has 1 aliphatic rings. The van der Waals surface area contributed by atoms with Gasteiger partial charge in [-0.1, -0.05) is 0 Å². The molecule has 1 N–H and O–H groups in total. The van der Waals surface area contributed by atoms with Gasteiger partial charge in [0.25, 0.3) is 0 Å². The summed E-state index contributed by atoms with van der Waals surface area (Å²) in [5.41, 5.74) is 0. The van der Waals surface area contributed by atoms with Crippen LogP contribution in [0.5, 0.6) is 0 Å². The molecule has 0 spiro atoms. The number of aromatic nitrogens is 3. The predicted octanol–water partition coefficient (Wildman–Crippen LogP) is -0.137. The molecule has 1 aromatic heterocycles. The van der Waals surface area contributed by atoms with Crippen molar-refractivity contribution in [3.05, 3.63) is 11.6 Å². The maximum absolute atomic E-state index is 11.9. The summed E-state index contributed by atoms with van der Waals surface area (Å²) in [7, 11) is 1.72. The van der Waals surface area contributed by atoms with Gasteiger partial charge in [0.15, 0.2) is 0 Å². The molecule has 0 fully saturated rings. The molecule has 1 aliphatic heterocycles. The molecule has 0 radical (unpaired) electrons. The number of aryl methyl sites for hydroxylation is 2. The van der Waals surface area contributed by atoms with E-state index in [0.717, 1.165) is 31.0 Å². The number of fused-ring (bicyclic) bond motifs is 1. The molecule has 1 amide bonds. The van der Waals surface area contributed by atoms with Crippen LogP contribution >= 0.6 is 0 Å².